The van der Waals surface area contributed by atoms with Crippen LogP contribution in [0.2, 0.25) is 0 Å². The van der Waals surface area contributed by atoms with Gasteiger partial charge in [-0.3, -0.25) is 4.98 Å². The summed E-state index contributed by atoms with van der Waals surface area (Å²) in [5.74, 6) is 0. The maximum absolute atomic E-state index is 11.7. The Morgan fingerprint density at radius 3 is 2.27 bits per heavy atom. The molecular formula is C19H14N2O2S3. The third-order valence-electron chi connectivity index (χ3n) is 3.86. The molecule has 4 aromatic rings. The van der Waals surface area contributed by atoms with Gasteiger partial charge in [0.1, 0.15) is 5.01 Å². The molecule has 0 saturated heterocycles. The van der Waals surface area contributed by atoms with E-state index in [2.05, 4.69) is 11.1 Å². The van der Waals surface area contributed by atoms with E-state index in [1.54, 1.807) is 47.2 Å². The summed E-state index contributed by atoms with van der Waals surface area (Å²) < 4.78 is 23.4. The summed E-state index contributed by atoms with van der Waals surface area (Å²) >= 11 is 3.26. The van der Waals surface area contributed by atoms with Gasteiger partial charge in [-0.05, 0) is 41.3 Å². The van der Waals surface area contributed by atoms with Gasteiger partial charge >= 0.3 is 0 Å². The Bertz CT molecular complexity index is 1130. The summed E-state index contributed by atoms with van der Waals surface area (Å²) in [6.07, 6.45) is 4.71. The van der Waals surface area contributed by atoms with Crippen LogP contribution in [0.15, 0.2) is 71.2 Å². The first kappa shape index (κ1) is 17.1. The third kappa shape index (κ3) is 3.33. The van der Waals surface area contributed by atoms with Crippen LogP contribution < -0.4 is 0 Å². The van der Waals surface area contributed by atoms with Crippen molar-refractivity contribution in [2.24, 2.45) is 0 Å². The van der Waals surface area contributed by atoms with Crippen molar-refractivity contribution in [3.8, 4) is 31.6 Å². The monoisotopic (exact) mass is 398 g/mol. The van der Waals surface area contributed by atoms with E-state index in [1.807, 2.05) is 35.7 Å². The molecule has 0 bridgehead atoms. The number of benzene rings is 1. The second-order valence-electron chi connectivity index (χ2n) is 5.71. The molecule has 1 aromatic carbocycles. The van der Waals surface area contributed by atoms with Crippen LogP contribution >= 0.6 is 22.7 Å². The van der Waals surface area contributed by atoms with E-state index in [0.29, 0.717) is 4.90 Å². The van der Waals surface area contributed by atoms with Crippen molar-refractivity contribution in [1.29, 1.82) is 0 Å². The second-order valence-corrected chi connectivity index (χ2v) is 9.67. The molecule has 4 nitrogen and oxygen atoms in total. The predicted octanol–water partition coefficient (Wildman–Crippen LogP) is 5.00. The first-order valence-corrected chi connectivity index (χ1v) is 11.4. The molecule has 0 amide bonds. The van der Waals surface area contributed by atoms with Crippen LogP contribution in [0.5, 0.6) is 0 Å². The Balaban J connectivity index is 1.87. The summed E-state index contributed by atoms with van der Waals surface area (Å²) in [5, 5.41) is 2.98. The quantitative estimate of drug-likeness (QED) is 0.485. The summed E-state index contributed by atoms with van der Waals surface area (Å²) in [4.78, 5) is 11.4. The maximum atomic E-state index is 11.7. The molecule has 26 heavy (non-hydrogen) atoms. The highest BCUT2D eigenvalue weighted by atomic mass is 32.2. The van der Waals surface area contributed by atoms with Gasteiger partial charge in [-0.15, -0.1) is 22.7 Å². The first-order chi connectivity index (χ1) is 12.5. The van der Waals surface area contributed by atoms with Crippen molar-refractivity contribution in [1.82, 2.24) is 9.97 Å². The molecule has 4 rings (SSSR count). The van der Waals surface area contributed by atoms with Gasteiger partial charge in [-0.1, -0.05) is 18.2 Å². The Morgan fingerprint density at radius 1 is 0.923 bits per heavy atom. The van der Waals surface area contributed by atoms with Crippen molar-refractivity contribution < 1.29 is 8.42 Å². The number of hydrogen-bond acceptors (Lipinski definition) is 6. The predicted molar refractivity (Wildman–Crippen MR) is 107 cm³/mol. The molecule has 0 fully saturated rings. The van der Waals surface area contributed by atoms with Gasteiger partial charge in [0.15, 0.2) is 9.84 Å². The fourth-order valence-corrected chi connectivity index (χ4v) is 5.10. The molecule has 3 heterocycles. The van der Waals surface area contributed by atoms with Crippen LogP contribution in [0.25, 0.3) is 31.6 Å². The molecule has 130 valence electrons. The van der Waals surface area contributed by atoms with Crippen LogP contribution in [0.4, 0.5) is 0 Å². The van der Waals surface area contributed by atoms with Crippen LogP contribution in [0.3, 0.4) is 0 Å². The lowest BCUT2D eigenvalue weighted by Crippen LogP contribution is -1.96. The van der Waals surface area contributed by atoms with Crippen LogP contribution in [0, 0.1) is 0 Å². The topological polar surface area (TPSA) is 59.9 Å². The van der Waals surface area contributed by atoms with Crippen molar-refractivity contribution >= 4 is 32.5 Å². The lowest BCUT2D eigenvalue weighted by Gasteiger charge is -2.04. The average Bonchev–Trinajstić information content (AvgIpc) is 3.31. The van der Waals surface area contributed by atoms with E-state index >= 15 is 0 Å². The number of thiophene rings is 1. The highest BCUT2D eigenvalue weighted by Gasteiger charge is 2.17. The van der Waals surface area contributed by atoms with Gasteiger partial charge in [0.2, 0.25) is 0 Å². The minimum Gasteiger partial charge on any atom is -0.265 e. The highest BCUT2D eigenvalue weighted by molar-refractivity contribution is 7.90. The van der Waals surface area contributed by atoms with Crippen molar-refractivity contribution in [3.63, 3.8) is 0 Å². The van der Waals surface area contributed by atoms with E-state index in [-0.39, 0.29) is 0 Å². The Hall–Kier alpha value is -2.35. The van der Waals surface area contributed by atoms with Gasteiger partial charge in [0, 0.05) is 24.2 Å². The van der Waals surface area contributed by atoms with E-state index in [9.17, 15) is 8.42 Å². The Kier molecular flexibility index (Phi) is 4.44. The van der Waals surface area contributed by atoms with Gasteiger partial charge in [-0.25, -0.2) is 13.4 Å². The minimum absolute atomic E-state index is 0.315. The summed E-state index contributed by atoms with van der Waals surface area (Å²) in [5.41, 5.74) is 2.82. The number of nitrogens with zero attached hydrogens (tertiary/aromatic N) is 2. The smallest absolute Gasteiger partial charge is 0.175 e. The molecular weight excluding hydrogens is 384 g/mol. The highest BCUT2D eigenvalue weighted by Crippen LogP contribution is 2.41. The number of rotatable bonds is 4. The molecule has 0 spiro atoms. The normalized spacial score (nSPS) is 11.6. The molecule has 0 unspecified atom stereocenters. The van der Waals surface area contributed by atoms with E-state index < -0.39 is 9.84 Å². The van der Waals surface area contributed by atoms with E-state index in [4.69, 9.17) is 4.98 Å². The van der Waals surface area contributed by atoms with E-state index in [1.165, 1.54) is 6.26 Å². The van der Waals surface area contributed by atoms with Gasteiger partial charge in [-0.2, -0.15) is 0 Å². The lowest BCUT2D eigenvalue weighted by atomic mass is 10.1. The Morgan fingerprint density at radius 2 is 1.65 bits per heavy atom. The van der Waals surface area contributed by atoms with Gasteiger partial charge < -0.3 is 0 Å². The zero-order valence-electron chi connectivity index (χ0n) is 13.8. The summed E-state index contributed by atoms with van der Waals surface area (Å²) in [7, 11) is -3.21. The van der Waals surface area contributed by atoms with Gasteiger partial charge in [0.05, 0.1) is 20.3 Å². The van der Waals surface area contributed by atoms with Gasteiger partial charge in [0.25, 0.3) is 0 Å². The maximum Gasteiger partial charge on any atom is 0.175 e. The average molecular weight is 399 g/mol. The molecule has 3 aromatic heterocycles. The zero-order chi connectivity index (χ0) is 18.1. The fourth-order valence-electron chi connectivity index (χ4n) is 2.58. The van der Waals surface area contributed by atoms with Crippen molar-refractivity contribution in [2.75, 3.05) is 6.26 Å². The molecule has 7 heteroatoms. The fraction of sp³-hybridized carbons (Fsp3) is 0.0526. The Labute approximate surface area is 159 Å². The van der Waals surface area contributed by atoms with Crippen LogP contribution in [0.1, 0.15) is 0 Å². The molecule has 0 aliphatic carbocycles. The molecule has 0 radical (unpaired) electrons. The van der Waals surface area contributed by atoms with E-state index in [0.717, 1.165) is 31.6 Å². The second kappa shape index (κ2) is 6.75. The molecule has 0 saturated carbocycles. The molecule has 0 aliphatic rings. The van der Waals surface area contributed by atoms with Crippen molar-refractivity contribution in [3.05, 3.63) is 66.3 Å². The number of aromatic nitrogens is 2. The standard InChI is InChI=1S/C19H14N2O2S3/c1-26(22,23)15-6-4-14(5-7-15)18-17(13-8-10-20-11-9-13)21-19(25-18)16-3-2-12-24-16/h2-12H,1H3. The van der Waals surface area contributed by atoms with Crippen molar-refractivity contribution in [2.45, 2.75) is 4.90 Å². The molecule has 0 atom stereocenters. The minimum atomic E-state index is -3.21. The molecule has 0 N–H and O–H groups in total. The number of pyridine rings is 1. The number of sulfone groups is 1. The number of thiazole rings is 1. The summed E-state index contributed by atoms with van der Waals surface area (Å²) in [6, 6.07) is 14.9. The van der Waals surface area contributed by atoms with Crippen LogP contribution in [-0.4, -0.2) is 24.6 Å². The number of hydrogen-bond donors (Lipinski definition) is 0. The third-order valence-corrected chi connectivity index (χ3v) is 7.13. The SMILES string of the molecule is CS(=O)(=O)c1ccc(-c2sc(-c3cccs3)nc2-c2ccncc2)cc1. The van der Waals surface area contributed by atoms with Crippen LogP contribution in [-0.2, 0) is 9.84 Å². The first-order valence-electron chi connectivity index (χ1n) is 7.78. The summed E-state index contributed by atoms with van der Waals surface area (Å²) in [6.45, 7) is 0. The largest absolute Gasteiger partial charge is 0.265 e. The lowest BCUT2D eigenvalue weighted by molar-refractivity contribution is 0.602. The zero-order valence-corrected chi connectivity index (χ0v) is 16.2. The molecule has 0 aliphatic heterocycles.